The van der Waals surface area contributed by atoms with Gasteiger partial charge in [0.05, 0.1) is 12.0 Å². The zero-order chi connectivity index (χ0) is 18.4. The number of nitrogens with zero attached hydrogens (tertiary/aromatic N) is 3. The molecular formula is C20H21N3O2S. The monoisotopic (exact) mass is 367 g/mol. The standard InChI is InChI=1S/C20H21N3O2S/c1-3-6-15-8-10-16(11-9-15)17(24)14-26-20-22-21-19(23(20)12-4-2)18-7-5-13-25-18/h4-5,7-11,13H,2-3,6,12,14H2,1H3. The summed E-state index contributed by atoms with van der Waals surface area (Å²) in [4.78, 5) is 12.5. The Balaban J connectivity index is 1.71. The van der Waals surface area contributed by atoms with Crippen LogP contribution in [0.5, 0.6) is 0 Å². The molecule has 6 heteroatoms. The minimum absolute atomic E-state index is 0.0748. The van der Waals surface area contributed by atoms with E-state index in [1.54, 1.807) is 18.4 Å². The molecule has 0 aliphatic heterocycles. The van der Waals surface area contributed by atoms with Crippen molar-refractivity contribution in [1.29, 1.82) is 0 Å². The molecule has 0 saturated heterocycles. The first-order valence-electron chi connectivity index (χ1n) is 8.55. The highest BCUT2D eigenvalue weighted by atomic mass is 32.2. The first-order chi connectivity index (χ1) is 12.7. The number of thioether (sulfide) groups is 1. The Bertz CT molecular complexity index is 867. The summed E-state index contributed by atoms with van der Waals surface area (Å²) in [6, 6.07) is 11.5. The van der Waals surface area contributed by atoms with Gasteiger partial charge in [-0.1, -0.05) is 55.4 Å². The highest BCUT2D eigenvalue weighted by Gasteiger charge is 2.17. The molecular weight excluding hydrogens is 346 g/mol. The minimum Gasteiger partial charge on any atom is -0.461 e. The molecule has 0 atom stereocenters. The van der Waals surface area contributed by atoms with E-state index >= 15 is 0 Å². The second-order valence-electron chi connectivity index (χ2n) is 5.84. The second kappa shape index (κ2) is 8.67. The Morgan fingerprint density at radius 1 is 1.27 bits per heavy atom. The molecule has 134 valence electrons. The number of allylic oxidation sites excluding steroid dienone is 1. The van der Waals surface area contributed by atoms with Crippen LogP contribution in [0, 0.1) is 0 Å². The average Bonchev–Trinajstić information content (AvgIpc) is 3.31. The molecule has 5 nitrogen and oxygen atoms in total. The molecule has 0 unspecified atom stereocenters. The number of aromatic nitrogens is 3. The zero-order valence-corrected chi connectivity index (χ0v) is 15.5. The van der Waals surface area contributed by atoms with Crippen LogP contribution in [0.3, 0.4) is 0 Å². The first kappa shape index (κ1) is 18.2. The van der Waals surface area contributed by atoms with E-state index in [4.69, 9.17) is 4.42 Å². The number of carbonyl (C=O) groups excluding carboxylic acids is 1. The van der Waals surface area contributed by atoms with Crippen molar-refractivity contribution in [2.75, 3.05) is 5.75 Å². The van der Waals surface area contributed by atoms with E-state index in [0.717, 1.165) is 18.4 Å². The third-order valence-electron chi connectivity index (χ3n) is 3.92. The second-order valence-corrected chi connectivity index (χ2v) is 6.78. The predicted octanol–water partition coefficient (Wildman–Crippen LogP) is 4.65. The summed E-state index contributed by atoms with van der Waals surface area (Å²) in [6.07, 6.45) is 5.50. The van der Waals surface area contributed by atoms with E-state index in [2.05, 4.69) is 23.7 Å². The van der Waals surface area contributed by atoms with Crippen molar-refractivity contribution < 1.29 is 9.21 Å². The van der Waals surface area contributed by atoms with Crippen LogP contribution in [-0.2, 0) is 13.0 Å². The van der Waals surface area contributed by atoms with Gasteiger partial charge in [0.25, 0.3) is 0 Å². The zero-order valence-electron chi connectivity index (χ0n) is 14.7. The normalized spacial score (nSPS) is 10.8. The van der Waals surface area contributed by atoms with Crippen molar-refractivity contribution in [3.8, 4) is 11.6 Å². The Morgan fingerprint density at radius 3 is 2.73 bits per heavy atom. The van der Waals surface area contributed by atoms with Crippen LogP contribution in [0.25, 0.3) is 11.6 Å². The number of benzene rings is 1. The summed E-state index contributed by atoms with van der Waals surface area (Å²) in [5, 5.41) is 9.08. The molecule has 1 aromatic carbocycles. The number of hydrogen-bond acceptors (Lipinski definition) is 5. The number of hydrogen-bond donors (Lipinski definition) is 0. The smallest absolute Gasteiger partial charge is 0.200 e. The molecule has 0 fully saturated rings. The van der Waals surface area contributed by atoms with Gasteiger partial charge in [0.15, 0.2) is 16.7 Å². The Morgan fingerprint density at radius 2 is 2.08 bits per heavy atom. The summed E-state index contributed by atoms with van der Waals surface area (Å²) in [7, 11) is 0. The Hall–Kier alpha value is -2.60. The summed E-state index contributed by atoms with van der Waals surface area (Å²) < 4.78 is 7.31. The van der Waals surface area contributed by atoms with Gasteiger partial charge in [0.1, 0.15) is 0 Å². The summed E-state index contributed by atoms with van der Waals surface area (Å²) in [6.45, 7) is 6.47. The van der Waals surface area contributed by atoms with Crippen molar-refractivity contribution in [2.45, 2.75) is 31.5 Å². The maximum atomic E-state index is 12.5. The quantitative estimate of drug-likeness (QED) is 0.313. The van der Waals surface area contributed by atoms with E-state index in [0.29, 0.717) is 29.0 Å². The SMILES string of the molecule is C=CCn1c(SCC(=O)c2ccc(CCC)cc2)nnc1-c1ccco1. The fourth-order valence-corrected chi connectivity index (χ4v) is 3.48. The lowest BCUT2D eigenvalue weighted by atomic mass is 10.1. The molecule has 0 aliphatic carbocycles. The van der Waals surface area contributed by atoms with Crippen LogP contribution in [0.1, 0.15) is 29.3 Å². The van der Waals surface area contributed by atoms with E-state index in [9.17, 15) is 4.79 Å². The van der Waals surface area contributed by atoms with Crippen LogP contribution in [0.2, 0.25) is 0 Å². The van der Waals surface area contributed by atoms with Crippen molar-refractivity contribution in [3.63, 3.8) is 0 Å². The predicted molar refractivity (Wildman–Crippen MR) is 103 cm³/mol. The van der Waals surface area contributed by atoms with Crippen molar-refractivity contribution in [2.24, 2.45) is 0 Å². The fraction of sp³-hybridized carbons (Fsp3) is 0.250. The fourth-order valence-electron chi connectivity index (χ4n) is 2.64. The van der Waals surface area contributed by atoms with Gasteiger partial charge in [-0.25, -0.2) is 0 Å². The molecule has 0 radical (unpaired) electrons. The highest BCUT2D eigenvalue weighted by molar-refractivity contribution is 7.99. The minimum atomic E-state index is 0.0748. The van der Waals surface area contributed by atoms with Crippen LogP contribution in [0.4, 0.5) is 0 Å². The third-order valence-corrected chi connectivity index (χ3v) is 4.88. The van der Waals surface area contributed by atoms with Crippen LogP contribution in [0.15, 0.2) is 64.9 Å². The van der Waals surface area contributed by atoms with Crippen molar-refractivity contribution in [1.82, 2.24) is 14.8 Å². The maximum Gasteiger partial charge on any atom is 0.200 e. The third kappa shape index (κ3) is 4.14. The van der Waals surface area contributed by atoms with Gasteiger partial charge in [-0.3, -0.25) is 9.36 Å². The number of carbonyl (C=O) groups is 1. The van der Waals surface area contributed by atoms with Gasteiger partial charge >= 0.3 is 0 Å². The molecule has 3 aromatic rings. The van der Waals surface area contributed by atoms with E-state index in [1.165, 1.54) is 17.3 Å². The van der Waals surface area contributed by atoms with E-state index < -0.39 is 0 Å². The largest absolute Gasteiger partial charge is 0.461 e. The van der Waals surface area contributed by atoms with Gasteiger partial charge < -0.3 is 4.42 Å². The summed E-state index contributed by atoms with van der Waals surface area (Å²) in [5.74, 6) is 1.66. The Kier molecular flexibility index (Phi) is 6.07. The molecule has 2 aromatic heterocycles. The lowest BCUT2D eigenvalue weighted by Crippen LogP contribution is -2.05. The molecule has 3 rings (SSSR count). The molecule has 0 spiro atoms. The molecule has 0 saturated carbocycles. The van der Waals surface area contributed by atoms with Gasteiger partial charge in [-0.2, -0.15) is 0 Å². The first-order valence-corrected chi connectivity index (χ1v) is 9.54. The van der Waals surface area contributed by atoms with Gasteiger partial charge in [-0.15, -0.1) is 16.8 Å². The van der Waals surface area contributed by atoms with Crippen molar-refractivity contribution in [3.05, 3.63) is 66.4 Å². The summed E-state index contributed by atoms with van der Waals surface area (Å²) in [5.41, 5.74) is 1.98. The maximum absolute atomic E-state index is 12.5. The topological polar surface area (TPSA) is 60.9 Å². The average molecular weight is 367 g/mol. The van der Waals surface area contributed by atoms with E-state index in [1.807, 2.05) is 34.9 Å². The van der Waals surface area contributed by atoms with E-state index in [-0.39, 0.29) is 5.78 Å². The molecule has 26 heavy (non-hydrogen) atoms. The number of ketones is 1. The lowest BCUT2D eigenvalue weighted by molar-refractivity contribution is 0.102. The lowest BCUT2D eigenvalue weighted by Gasteiger charge is -2.06. The molecule has 0 N–H and O–H groups in total. The van der Waals surface area contributed by atoms with Crippen LogP contribution >= 0.6 is 11.8 Å². The van der Waals surface area contributed by atoms with Gasteiger partial charge in [0, 0.05) is 12.1 Å². The molecule has 2 heterocycles. The number of rotatable bonds is 9. The number of furan rings is 1. The van der Waals surface area contributed by atoms with Crippen LogP contribution < -0.4 is 0 Å². The van der Waals surface area contributed by atoms with Gasteiger partial charge in [0.2, 0.25) is 5.82 Å². The molecule has 0 amide bonds. The summed E-state index contributed by atoms with van der Waals surface area (Å²) >= 11 is 1.37. The molecule has 0 aliphatic rings. The van der Waals surface area contributed by atoms with Crippen molar-refractivity contribution >= 4 is 17.5 Å². The molecule has 0 bridgehead atoms. The number of Topliss-reactive ketones (excluding diaryl/α,β-unsaturated/α-hetero) is 1. The highest BCUT2D eigenvalue weighted by Crippen LogP contribution is 2.25. The Labute approximate surface area is 157 Å². The van der Waals surface area contributed by atoms with Gasteiger partial charge in [-0.05, 0) is 24.1 Å². The van der Waals surface area contributed by atoms with Crippen LogP contribution in [-0.4, -0.2) is 26.3 Å². The number of aryl methyl sites for hydroxylation is 1.